The molecule has 0 radical (unpaired) electrons. The Hall–Kier alpha value is -1.62. The van der Waals surface area contributed by atoms with Gasteiger partial charge in [-0.25, -0.2) is 4.98 Å². The standard InChI is InChI=1S/C14H16ClN3O2/c15-12-10(3-1-6-17-12)13(20)18-8-7-16-11(19)9-14(18)4-2-5-14/h1,3,6H,2,4-5,7-9H2,(H,16,19). The third-order valence-corrected chi connectivity index (χ3v) is 4.54. The van der Waals surface area contributed by atoms with Gasteiger partial charge in [0, 0.05) is 25.7 Å². The van der Waals surface area contributed by atoms with Crippen molar-refractivity contribution in [1.82, 2.24) is 15.2 Å². The molecule has 0 unspecified atom stereocenters. The molecule has 2 fully saturated rings. The molecule has 0 atom stereocenters. The number of amides is 2. The molecule has 0 bridgehead atoms. The molecule has 1 saturated heterocycles. The van der Waals surface area contributed by atoms with Gasteiger partial charge in [-0.05, 0) is 31.4 Å². The predicted molar refractivity (Wildman–Crippen MR) is 74.5 cm³/mol. The van der Waals surface area contributed by atoms with E-state index < -0.39 is 0 Å². The highest BCUT2D eigenvalue weighted by Crippen LogP contribution is 2.42. The van der Waals surface area contributed by atoms with Crippen LogP contribution in [0.15, 0.2) is 18.3 Å². The van der Waals surface area contributed by atoms with Crippen molar-refractivity contribution in [3.63, 3.8) is 0 Å². The maximum Gasteiger partial charge on any atom is 0.257 e. The molecule has 5 nitrogen and oxygen atoms in total. The Morgan fingerprint density at radius 3 is 2.90 bits per heavy atom. The minimum atomic E-state index is -0.323. The monoisotopic (exact) mass is 293 g/mol. The van der Waals surface area contributed by atoms with Crippen molar-refractivity contribution in [2.45, 2.75) is 31.2 Å². The van der Waals surface area contributed by atoms with Gasteiger partial charge in [-0.2, -0.15) is 0 Å². The molecule has 1 spiro atoms. The van der Waals surface area contributed by atoms with Gasteiger partial charge in [0.05, 0.1) is 11.1 Å². The van der Waals surface area contributed by atoms with Gasteiger partial charge in [-0.3, -0.25) is 9.59 Å². The number of hydrogen-bond acceptors (Lipinski definition) is 3. The summed E-state index contributed by atoms with van der Waals surface area (Å²) in [5.41, 5.74) is 0.0893. The smallest absolute Gasteiger partial charge is 0.257 e. The topological polar surface area (TPSA) is 62.3 Å². The zero-order valence-corrected chi connectivity index (χ0v) is 11.8. The highest BCUT2D eigenvalue weighted by Gasteiger charge is 2.47. The number of hydrogen-bond donors (Lipinski definition) is 1. The average Bonchev–Trinajstić information content (AvgIpc) is 2.57. The summed E-state index contributed by atoms with van der Waals surface area (Å²) in [5, 5.41) is 3.06. The van der Waals surface area contributed by atoms with E-state index in [-0.39, 0.29) is 22.5 Å². The summed E-state index contributed by atoms with van der Waals surface area (Å²) in [5.74, 6) is -0.100. The van der Waals surface area contributed by atoms with Crippen molar-refractivity contribution in [2.75, 3.05) is 13.1 Å². The van der Waals surface area contributed by atoms with Crippen LogP contribution in [0.4, 0.5) is 0 Å². The molecule has 1 aromatic rings. The average molecular weight is 294 g/mol. The lowest BCUT2D eigenvalue weighted by molar-refractivity contribution is -0.123. The van der Waals surface area contributed by atoms with Gasteiger partial charge in [0.2, 0.25) is 5.91 Å². The van der Waals surface area contributed by atoms with Crippen LogP contribution in [0.1, 0.15) is 36.0 Å². The molecule has 2 heterocycles. The Morgan fingerprint density at radius 1 is 1.45 bits per heavy atom. The van der Waals surface area contributed by atoms with Crippen molar-refractivity contribution in [3.05, 3.63) is 29.0 Å². The van der Waals surface area contributed by atoms with E-state index in [2.05, 4.69) is 10.3 Å². The van der Waals surface area contributed by atoms with E-state index >= 15 is 0 Å². The van der Waals surface area contributed by atoms with Crippen molar-refractivity contribution in [3.8, 4) is 0 Å². The lowest BCUT2D eigenvalue weighted by Gasteiger charge is -2.48. The molecule has 0 aromatic carbocycles. The summed E-state index contributed by atoms with van der Waals surface area (Å²) in [7, 11) is 0. The number of aromatic nitrogens is 1. The summed E-state index contributed by atoms with van der Waals surface area (Å²) in [6.07, 6.45) is 4.76. The highest BCUT2D eigenvalue weighted by molar-refractivity contribution is 6.32. The summed E-state index contributed by atoms with van der Waals surface area (Å²) in [6.45, 7) is 1.01. The van der Waals surface area contributed by atoms with Crippen LogP contribution in [0.2, 0.25) is 5.15 Å². The van der Waals surface area contributed by atoms with Crippen molar-refractivity contribution in [1.29, 1.82) is 0 Å². The van der Waals surface area contributed by atoms with E-state index in [1.165, 1.54) is 0 Å². The third-order valence-electron chi connectivity index (χ3n) is 4.24. The Bertz CT molecular complexity index is 557. The molecule has 20 heavy (non-hydrogen) atoms. The fourth-order valence-electron chi connectivity index (χ4n) is 3.04. The summed E-state index contributed by atoms with van der Waals surface area (Å²) < 4.78 is 0. The molecule has 2 amide bonds. The molecule has 1 saturated carbocycles. The first-order valence-electron chi connectivity index (χ1n) is 6.82. The molecule has 1 aliphatic heterocycles. The van der Waals surface area contributed by atoms with Gasteiger partial charge < -0.3 is 10.2 Å². The molecular formula is C14H16ClN3O2. The van der Waals surface area contributed by atoms with Crippen LogP contribution in [0, 0.1) is 0 Å². The zero-order valence-electron chi connectivity index (χ0n) is 11.1. The molecule has 3 rings (SSSR count). The number of nitrogens with zero attached hydrogens (tertiary/aromatic N) is 2. The first-order valence-corrected chi connectivity index (χ1v) is 7.19. The van der Waals surface area contributed by atoms with Crippen molar-refractivity contribution in [2.24, 2.45) is 0 Å². The fraction of sp³-hybridized carbons (Fsp3) is 0.500. The summed E-state index contributed by atoms with van der Waals surface area (Å²) >= 11 is 6.02. The van der Waals surface area contributed by atoms with Crippen LogP contribution >= 0.6 is 11.6 Å². The van der Waals surface area contributed by atoms with Crippen LogP contribution < -0.4 is 5.32 Å². The minimum Gasteiger partial charge on any atom is -0.354 e. The molecule has 2 aliphatic rings. The fourth-order valence-corrected chi connectivity index (χ4v) is 3.24. The summed E-state index contributed by atoms with van der Waals surface area (Å²) in [6, 6.07) is 3.39. The first kappa shape index (κ1) is 13.4. The van der Waals surface area contributed by atoms with E-state index in [9.17, 15) is 9.59 Å². The molecule has 106 valence electrons. The van der Waals surface area contributed by atoms with Crippen LogP contribution in [-0.2, 0) is 4.79 Å². The van der Waals surface area contributed by atoms with Crippen molar-refractivity contribution >= 4 is 23.4 Å². The number of rotatable bonds is 1. The Morgan fingerprint density at radius 2 is 2.25 bits per heavy atom. The van der Waals surface area contributed by atoms with Gasteiger partial charge in [-0.1, -0.05) is 11.6 Å². The van der Waals surface area contributed by atoms with Gasteiger partial charge in [0.25, 0.3) is 5.91 Å². The molecular weight excluding hydrogens is 278 g/mol. The van der Waals surface area contributed by atoms with E-state index in [0.29, 0.717) is 25.1 Å². The van der Waals surface area contributed by atoms with E-state index in [0.717, 1.165) is 19.3 Å². The lowest BCUT2D eigenvalue weighted by Crippen LogP contribution is -2.56. The number of halogens is 1. The number of carbonyl (C=O) groups is 2. The molecule has 6 heteroatoms. The number of nitrogens with one attached hydrogen (secondary N) is 1. The zero-order chi connectivity index (χ0) is 14.2. The largest absolute Gasteiger partial charge is 0.354 e. The maximum atomic E-state index is 12.8. The minimum absolute atomic E-state index is 0.0253. The van der Waals surface area contributed by atoms with Crippen LogP contribution in [0.25, 0.3) is 0 Å². The molecule has 1 aromatic heterocycles. The number of pyridine rings is 1. The second-order valence-electron chi connectivity index (χ2n) is 5.40. The van der Waals surface area contributed by atoms with Crippen LogP contribution in [0.3, 0.4) is 0 Å². The second-order valence-corrected chi connectivity index (χ2v) is 5.76. The van der Waals surface area contributed by atoms with Gasteiger partial charge in [-0.15, -0.1) is 0 Å². The highest BCUT2D eigenvalue weighted by atomic mass is 35.5. The van der Waals surface area contributed by atoms with Gasteiger partial charge in [0.15, 0.2) is 0 Å². The van der Waals surface area contributed by atoms with E-state index in [4.69, 9.17) is 11.6 Å². The Balaban J connectivity index is 1.93. The lowest BCUT2D eigenvalue weighted by atomic mass is 9.72. The predicted octanol–water partition coefficient (Wildman–Crippen LogP) is 1.62. The Kier molecular flexibility index (Phi) is 3.38. The van der Waals surface area contributed by atoms with Crippen LogP contribution in [0.5, 0.6) is 0 Å². The normalized spacial score (nSPS) is 21.1. The quantitative estimate of drug-likeness (QED) is 0.800. The van der Waals surface area contributed by atoms with Crippen molar-refractivity contribution < 1.29 is 9.59 Å². The first-order chi connectivity index (χ1) is 9.62. The third kappa shape index (κ3) is 2.16. The molecule has 1 N–H and O–H groups in total. The SMILES string of the molecule is O=C1CC2(CCC2)N(C(=O)c2cccnc2Cl)CCN1. The summed E-state index contributed by atoms with van der Waals surface area (Å²) in [4.78, 5) is 30.3. The van der Waals surface area contributed by atoms with Crippen LogP contribution in [-0.4, -0.2) is 40.3 Å². The maximum absolute atomic E-state index is 12.8. The van der Waals surface area contributed by atoms with Gasteiger partial charge in [0.1, 0.15) is 5.15 Å². The second kappa shape index (κ2) is 5.05. The van der Waals surface area contributed by atoms with E-state index in [1.54, 1.807) is 18.3 Å². The molecule has 1 aliphatic carbocycles. The Labute approximate surface area is 122 Å². The van der Waals surface area contributed by atoms with Gasteiger partial charge >= 0.3 is 0 Å². The number of carbonyl (C=O) groups excluding carboxylic acids is 2. The van der Waals surface area contributed by atoms with E-state index in [1.807, 2.05) is 4.90 Å².